The third-order valence-corrected chi connectivity index (χ3v) is 5.08. The second-order valence-electron chi connectivity index (χ2n) is 7.48. The van der Waals surface area contributed by atoms with E-state index in [9.17, 15) is 22.8 Å². The highest BCUT2D eigenvalue weighted by Crippen LogP contribution is 2.27. The van der Waals surface area contributed by atoms with E-state index in [2.05, 4.69) is 31.9 Å². The number of nitrogens with zero attached hydrogens (tertiary/aromatic N) is 2. The van der Waals surface area contributed by atoms with Gasteiger partial charge in [0.2, 0.25) is 11.8 Å². The number of alkyl halides is 3. The number of amides is 2. The number of carbonyl (C=O) groups is 2. The average Bonchev–Trinajstić information content (AvgIpc) is 2.70. The van der Waals surface area contributed by atoms with Crippen LogP contribution in [0.3, 0.4) is 0 Å². The van der Waals surface area contributed by atoms with Crippen molar-refractivity contribution in [1.29, 1.82) is 0 Å². The summed E-state index contributed by atoms with van der Waals surface area (Å²) >= 11 is 0. The zero-order chi connectivity index (χ0) is 23.3. The van der Waals surface area contributed by atoms with Crippen LogP contribution >= 0.6 is 0 Å². The summed E-state index contributed by atoms with van der Waals surface area (Å²) in [6, 6.07) is 5.48. The number of halogens is 3. The molecule has 2 N–H and O–H groups in total. The molecule has 1 unspecified atom stereocenters. The second kappa shape index (κ2) is 9.80. The number of ether oxygens (including phenoxy) is 1. The van der Waals surface area contributed by atoms with Gasteiger partial charge in [0, 0.05) is 18.2 Å². The van der Waals surface area contributed by atoms with Crippen molar-refractivity contribution in [3.8, 4) is 5.88 Å². The monoisotopic (exact) mass is 448 g/mol. The molecule has 7 nitrogen and oxygen atoms in total. The maximum Gasteiger partial charge on any atom is 0.422 e. The topological polar surface area (TPSA) is 93.2 Å². The summed E-state index contributed by atoms with van der Waals surface area (Å²) < 4.78 is 41.6. The van der Waals surface area contributed by atoms with E-state index < -0.39 is 24.7 Å². The highest BCUT2D eigenvalue weighted by Gasteiger charge is 2.29. The van der Waals surface area contributed by atoms with Crippen molar-refractivity contribution in [2.24, 2.45) is 5.92 Å². The van der Waals surface area contributed by atoms with Crippen LogP contribution in [0.4, 0.5) is 19.0 Å². The van der Waals surface area contributed by atoms with Crippen LogP contribution in [0, 0.1) is 5.92 Å². The minimum Gasteiger partial charge on any atom is -0.468 e. The summed E-state index contributed by atoms with van der Waals surface area (Å²) in [4.78, 5) is 32.9. The lowest BCUT2D eigenvalue weighted by molar-refractivity contribution is -0.154. The van der Waals surface area contributed by atoms with Gasteiger partial charge in [-0.2, -0.15) is 13.2 Å². The first-order valence-corrected chi connectivity index (χ1v) is 10.1. The number of hydrogen-bond donors (Lipinski definition) is 2. The Kier molecular flexibility index (Phi) is 7.12. The molecule has 0 radical (unpaired) electrons. The lowest BCUT2D eigenvalue weighted by Crippen LogP contribution is -2.29. The standard InChI is InChI=1S/C22H23F3N4O3/c1-3-17-16(7-8-19(28-17)32-12-22(23,24)25)21(31)27-13(2)15-9-10-26-18(11-15)29-20(30)14-5-4-6-14/h3,7-11,13-14H,1,4-6,12H2,2H3,(H,27,31)(H,26,29,30). The molecule has 0 spiro atoms. The van der Waals surface area contributed by atoms with E-state index in [0.717, 1.165) is 24.8 Å². The maximum atomic E-state index is 12.7. The van der Waals surface area contributed by atoms with Crippen LogP contribution in [0.15, 0.2) is 37.0 Å². The number of anilines is 1. The quantitative estimate of drug-likeness (QED) is 0.629. The van der Waals surface area contributed by atoms with E-state index >= 15 is 0 Å². The molecular weight excluding hydrogens is 425 g/mol. The lowest BCUT2D eigenvalue weighted by atomic mass is 9.85. The van der Waals surface area contributed by atoms with Crippen molar-refractivity contribution in [1.82, 2.24) is 15.3 Å². The van der Waals surface area contributed by atoms with E-state index in [1.54, 1.807) is 19.1 Å². The molecule has 32 heavy (non-hydrogen) atoms. The number of pyridine rings is 2. The lowest BCUT2D eigenvalue weighted by Gasteiger charge is -2.24. The summed E-state index contributed by atoms with van der Waals surface area (Å²) in [6.07, 6.45) is 1.10. The Balaban J connectivity index is 1.66. The van der Waals surface area contributed by atoms with Crippen molar-refractivity contribution in [2.75, 3.05) is 11.9 Å². The Bertz CT molecular complexity index is 1010. The molecule has 2 aromatic heterocycles. The molecule has 170 valence electrons. The van der Waals surface area contributed by atoms with E-state index in [4.69, 9.17) is 0 Å². The first-order chi connectivity index (χ1) is 15.2. The van der Waals surface area contributed by atoms with Crippen LogP contribution in [0.25, 0.3) is 6.08 Å². The SMILES string of the molecule is C=Cc1nc(OCC(F)(F)F)ccc1C(=O)NC(C)c1ccnc(NC(=O)C2CCC2)c1. The van der Waals surface area contributed by atoms with Crippen LogP contribution in [0.1, 0.15) is 53.8 Å². The highest BCUT2D eigenvalue weighted by molar-refractivity contribution is 5.97. The summed E-state index contributed by atoms with van der Waals surface area (Å²) in [5.74, 6) is -0.389. The van der Waals surface area contributed by atoms with E-state index in [1.807, 2.05) is 0 Å². The Labute approximate surface area is 183 Å². The van der Waals surface area contributed by atoms with Crippen LogP contribution in [-0.4, -0.2) is 34.6 Å². The summed E-state index contributed by atoms with van der Waals surface area (Å²) in [6.45, 7) is 3.83. The minimum absolute atomic E-state index is 0.0190. The molecule has 0 saturated heterocycles. The molecule has 0 bridgehead atoms. The zero-order valence-electron chi connectivity index (χ0n) is 17.4. The zero-order valence-corrected chi connectivity index (χ0v) is 17.4. The fourth-order valence-corrected chi connectivity index (χ4v) is 3.08. The highest BCUT2D eigenvalue weighted by atomic mass is 19.4. The molecule has 2 heterocycles. The number of aromatic nitrogens is 2. The van der Waals surface area contributed by atoms with Gasteiger partial charge in [-0.25, -0.2) is 9.97 Å². The van der Waals surface area contributed by atoms with Crippen molar-refractivity contribution >= 4 is 23.7 Å². The van der Waals surface area contributed by atoms with Gasteiger partial charge in [-0.15, -0.1) is 0 Å². The fraction of sp³-hybridized carbons (Fsp3) is 0.364. The van der Waals surface area contributed by atoms with Crippen LogP contribution in [0.2, 0.25) is 0 Å². The number of nitrogens with one attached hydrogen (secondary N) is 2. The number of rotatable bonds is 8. The molecule has 1 fully saturated rings. The predicted molar refractivity (Wildman–Crippen MR) is 112 cm³/mol. The maximum absolute atomic E-state index is 12.7. The van der Waals surface area contributed by atoms with E-state index in [-0.39, 0.29) is 29.0 Å². The Morgan fingerprint density at radius 3 is 2.69 bits per heavy atom. The third kappa shape index (κ3) is 6.05. The van der Waals surface area contributed by atoms with Gasteiger partial charge in [0.05, 0.1) is 17.3 Å². The Morgan fingerprint density at radius 2 is 2.06 bits per heavy atom. The molecule has 1 atom stereocenters. The molecular formula is C22H23F3N4O3. The average molecular weight is 448 g/mol. The Morgan fingerprint density at radius 1 is 1.31 bits per heavy atom. The van der Waals surface area contributed by atoms with Crippen LogP contribution < -0.4 is 15.4 Å². The molecule has 2 amide bonds. The molecule has 3 rings (SSSR count). The van der Waals surface area contributed by atoms with Crippen molar-refractivity contribution in [3.05, 3.63) is 53.9 Å². The first-order valence-electron chi connectivity index (χ1n) is 10.1. The predicted octanol–water partition coefficient (Wildman–Crippen LogP) is 4.29. The number of carbonyl (C=O) groups excluding carboxylic acids is 2. The molecule has 1 saturated carbocycles. The van der Waals surface area contributed by atoms with Crippen molar-refractivity contribution in [3.63, 3.8) is 0 Å². The van der Waals surface area contributed by atoms with Gasteiger partial charge in [0.1, 0.15) is 5.82 Å². The molecule has 10 heteroatoms. The molecule has 0 aromatic carbocycles. The molecule has 2 aromatic rings. The Hall–Kier alpha value is -3.43. The fourth-order valence-electron chi connectivity index (χ4n) is 3.08. The van der Waals surface area contributed by atoms with Gasteiger partial charge in [0.25, 0.3) is 5.91 Å². The van der Waals surface area contributed by atoms with Crippen LogP contribution in [-0.2, 0) is 4.79 Å². The van der Waals surface area contributed by atoms with Gasteiger partial charge >= 0.3 is 6.18 Å². The van der Waals surface area contributed by atoms with Gasteiger partial charge in [-0.1, -0.05) is 13.0 Å². The van der Waals surface area contributed by atoms with Gasteiger partial charge < -0.3 is 15.4 Å². The summed E-state index contributed by atoms with van der Waals surface area (Å²) in [5, 5.41) is 5.59. The largest absolute Gasteiger partial charge is 0.468 e. The molecule has 1 aliphatic rings. The van der Waals surface area contributed by atoms with E-state index in [1.165, 1.54) is 24.4 Å². The summed E-state index contributed by atoms with van der Waals surface area (Å²) in [7, 11) is 0. The smallest absolute Gasteiger partial charge is 0.422 e. The summed E-state index contributed by atoms with van der Waals surface area (Å²) in [5.41, 5.74) is 0.951. The van der Waals surface area contributed by atoms with Gasteiger partial charge in [0.15, 0.2) is 6.61 Å². The second-order valence-corrected chi connectivity index (χ2v) is 7.48. The normalized spacial score (nSPS) is 14.8. The van der Waals surface area contributed by atoms with Crippen LogP contribution in [0.5, 0.6) is 5.88 Å². The molecule has 0 aliphatic heterocycles. The first kappa shape index (κ1) is 23.2. The molecule has 1 aliphatic carbocycles. The van der Waals surface area contributed by atoms with Crippen molar-refractivity contribution < 1.29 is 27.5 Å². The third-order valence-electron chi connectivity index (χ3n) is 5.08. The van der Waals surface area contributed by atoms with E-state index in [0.29, 0.717) is 5.82 Å². The van der Waals surface area contributed by atoms with Crippen molar-refractivity contribution in [2.45, 2.75) is 38.4 Å². The van der Waals surface area contributed by atoms with Gasteiger partial charge in [-0.3, -0.25) is 9.59 Å². The van der Waals surface area contributed by atoms with Gasteiger partial charge in [-0.05, 0) is 49.6 Å². The number of hydrogen-bond acceptors (Lipinski definition) is 5. The minimum atomic E-state index is -4.50.